The van der Waals surface area contributed by atoms with Gasteiger partial charge in [-0.2, -0.15) is 0 Å². The molecule has 4 aliphatic rings. The Morgan fingerprint density at radius 2 is 1.95 bits per heavy atom. The molecule has 1 aromatic heterocycles. The molecule has 2 saturated carbocycles. The van der Waals surface area contributed by atoms with E-state index in [4.69, 9.17) is 0 Å². The highest BCUT2D eigenvalue weighted by molar-refractivity contribution is 5.98. The van der Waals surface area contributed by atoms with E-state index in [1.54, 1.807) is 6.33 Å². The van der Waals surface area contributed by atoms with Crippen molar-refractivity contribution in [1.29, 1.82) is 0 Å². The molecule has 0 aliphatic heterocycles. The Balaban J connectivity index is 1.17. The largest absolute Gasteiger partial charge is 0.348 e. The minimum absolute atomic E-state index is 0.0110. The molecule has 43 heavy (non-hydrogen) atoms. The number of hydrogen-bond donors (Lipinski definition) is 2. The summed E-state index contributed by atoms with van der Waals surface area (Å²) in [6.45, 7) is 4.44. The first-order valence-corrected chi connectivity index (χ1v) is 16.7. The second kappa shape index (κ2) is 13.4. The molecule has 0 radical (unpaired) electrons. The Morgan fingerprint density at radius 3 is 2.72 bits per heavy atom. The van der Waals surface area contributed by atoms with Crippen LogP contribution in [0.2, 0.25) is 0 Å². The van der Waals surface area contributed by atoms with Gasteiger partial charge in [0, 0.05) is 35.5 Å². The quantitative estimate of drug-likeness (QED) is 0.226. The van der Waals surface area contributed by atoms with Crippen LogP contribution in [0.5, 0.6) is 0 Å². The Hall–Kier alpha value is -3.47. The number of fused-ring (bicyclic) bond motifs is 1. The number of ketones is 1. The summed E-state index contributed by atoms with van der Waals surface area (Å²) in [6.07, 6.45) is 24.3. The number of H-pyrrole nitrogens is 1. The molecule has 4 unspecified atom stereocenters. The summed E-state index contributed by atoms with van der Waals surface area (Å²) in [5.41, 5.74) is 8.27. The van der Waals surface area contributed by atoms with Gasteiger partial charge in [0.2, 0.25) is 0 Å². The van der Waals surface area contributed by atoms with Crippen LogP contribution in [0.3, 0.4) is 0 Å². The van der Waals surface area contributed by atoms with E-state index in [0.717, 1.165) is 61.9 Å². The number of imidazole rings is 1. The van der Waals surface area contributed by atoms with E-state index < -0.39 is 0 Å². The third kappa shape index (κ3) is 7.37. The van der Waals surface area contributed by atoms with E-state index >= 15 is 0 Å². The molecule has 6 rings (SSSR count). The van der Waals surface area contributed by atoms with Crippen molar-refractivity contribution in [2.75, 3.05) is 0 Å². The van der Waals surface area contributed by atoms with Crippen LogP contribution in [0.4, 0.5) is 0 Å². The zero-order valence-electron chi connectivity index (χ0n) is 25.9. The van der Waals surface area contributed by atoms with Gasteiger partial charge in [0.1, 0.15) is 5.78 Å². The summed E-state index contributed by atoms with van der Waals surface area (Å²) in [5, 5.41) is 3.35. The Kier molecular flexibility index (Phi) is 9.25. The van der Waals surface area contributed by atoms with E-state index in [1.165, 1.54) is 41.5 Å². The van der Waals surface area contributed by atoms with Crippen LogP contribution in [-0.2, 0) is 22.4 Å². The highest BCUT2D eigenvalue weighted by Gasteiger charge is 2.46. The third-order valence-corrected chi connectivity index (χ3v) is 9.99. The molecule has 0 spiro atoms. The lowest BCUT2D eigenvalue weighted by Crippen LogP contribution is -2.30. The SMILES string of the molecule is CCCC(CCCc1ccccc1C)C1=CCC(C(=O)CCCc2cnc[nH]2)C=C1NC(=O)C1=CC2CC2C(C2CC2)=C1. The fourth-order valence-corrected chi connectivity index (χ4v) is 7.27. The smallest absolute Gasteiger partial charge is 0.255 e. The van der Waals surface area contributed by atoms with Crippen molar-refractivity contribution in [1.82, 2.24) is 15.3 Å². The van der Waals surface area contributed by atoms with Gasteiger partial charge in [-0.3, -0.25) is 9.59 Å². The van der Waals surface area contributed by atoms with Crippen LogP contribution in [0.15, 0.2) is 83.5 Å². The highest BCUT2D eigenvalue weighted by atomic mass is 16.1. The van der Waals surface area contributed by atoms with Crippen LogP contribution >= 0.6 is 0 Å². The monoisotopic (exact) mass is 577 g/mol. The third-order valence-electron chi connectivity index (χ3n) is 9.99. The van der Waals surface area contributed by atoms with Crippen LogP contribution < -0.4 is 5.32 Å². The summed E-state index contributed by atoms with van der Waals surface area (Å²) in [6, 6.07) is 8.67. The highest BCUT2D eigenvalue weighted by Crippen LogP contribution is 2.56. The van der Waals surface area contributed by atoms with Gasteiger partial charge in [-0.15, -0.1) is 0 Å². The molecular weight excluding hydrogens is 530 g/mol. The van der Waals surface area contributed by atoms with E-state index in [9.17, 15) is 9.59 Å². The number of amides is 1. The molecule has 2 fully saturated rings. The number of aromatic amines is 1. The van der Waals surface area contributed by atoms with E-state index in [1.807, 2.05) is 6.20 Å². The Labute approximate surface area is 257 Å². The van der Waals surface area contributed by atoms with E-state index in [0.29, 0.717) is 36.5 Å². The number of allylic oxidation sites excluding steroid dienone is 5. The van der Waals surface area contributed by atoms with Gasteiger partial charge in [0.15, 0.2) is 0 Å². The van der Waals surface area contributed by atoms with E-state index in [2.05, 4.69) is 77.7 Å². The molecule has 0 bridgehead atoms. The summed E-state index contributed by atoms with van der Waals surface area (Å²) in [5.74, 6) is 2.32. The van der Waals surface area contributed by atoms with Crippen LogP contribution in [0.1, 0.15) is 88.0 Å². The summed E-state index contributed by atoms with van der Waals surface area (Å²) >= 11 is 0. The summed E-state index contributed by atoms with van der Waals surface area (Å²) in [4.78, 5) is 34.4. The van der Waals surface area contributed by atoms with Gasteiger partial charge in [-0.05, 0) is 124 Å². The van der Waals surface area contributed by atoms with Crippen molar-refractivity contribution in [2.24, 2.45) is 29.6 Å². The number of nitrogens with one attached hydrogen (secondary N) is 2. The average Bonchev–Trinajstić information content (AvgIpc) is 3.94. The Bertz CT molecular complexity index is 1440. The number of rotatable bonds is 15. The molecule has 226 valence electrons. The first-order chi connectivity index (χ1) is 21.0. The maximum atomic E-state index is 13.8. The normalized spacial score (nSPS) is 23.3. The number of hydrogen-bond acceptors (Lipinski definition) is 3. The molecule has 1 aromatic carbocycles. The minimum Gasteiger partial charge on any atom is -0.348 e. The Morgan fingerprint density at radius 1 is 1.09 bits per heavy atom. The predicted molar refractivity (Wildman–Crippen MR) is 172 cm³/mol. The van der Waals surface area contributed by atoms with Crippen molar-refractivity contribution in [2.45, 2.75) is 90.9 Å². The number of aryl methyl sites for hydroxylation is 3. The predicted octanol–water partition coefficient (Wildman–Crippen LogP) is 7.91. The lowest BCUT2D eigenvalue weighted by atomic mass is 9.80. The van der Waals surface area contributed by atoms with Crippen molar-refractivity contribution >= 4 is 11.7 Å². The fraction of sp³-hybridized carbons (Fsp3) is 0.500. The van der Waals surface area contributed by atoms with Gasteiger partial charge in [-0.1, -0.05) is 55.3 Å². The number of carbonyl (C=O) groups excluding carboxylic acids is 2. The molecule has 1 heterocycles. The second-order valence-corrected chi connectivity index (χ2v) is 13.3. The molecule has 4 atom stereocenters. The summed E-state index contributed by atoms with van der Waals surface area (Å²) < 4.78 is 0. The number of benzene rings is 1. The van der Waals surface area contributed by atoms with Crippen molar-refractivity contribution < 1.29 is 9.59 Å². The van der Waals surface area contributed by atoms with E-state index in [-0.39, 0.29) is 17.6 Å². The van der Waals surface area contributed by atoms with Crippen LogP contribution in [-0.4, -0.2) is 21.7 Å². The van der Waals surface area contributed by atoms with Gasteiger partial charge < -0.3 is 10.3 Å². The number of carbonyl (C=O) groups is 2. The minimum atomic E-state index is -0.194. The molecule has 5 heteroatoms. The van der Waals surface area contributed by atoms with Crippen molar-refractivity contribution in [3.8, 4) is 0 Å². The van der Waals surface area contributed by atoms with Gasteiger partial charge in [0.25, 0.3) is 5.91 Å². The molecule has 2 N–H and O–H groups in total. The first-order valence-electron chi connectivity index (χ1n) is 16.7. The molecule has 0 saturated heterocycles. The topological polar surface area (TPSA) is 74.8 Å². The average molecular weight is 578 g/mol. The first kappa shape index (κ1) is 29.6. The lowest BCUT2D eigenvalue weighted by Gasteiger charge is -2.28. The zero-order chi connectivity index (χ0) is 29.8. The number of Topliss-reactive ketones (excluding diaryl/α,β-unsaturated/α-hetero) is 1. The zero-order valence-corrected chi connectivity index (χ0v) is 25.9. The molecule has 2 aromatic rings. The second-order valence-electron chi connectivity index (χ2n) is 13.3. The number of nitrogens with zero attached hydrogens (tertiary/aromatic N) is 1. The van der Waals surface area contributed by atoms with Gasteiger partial charge >= 0.3 is 0 Å². The lowest BCUT2D eigenvalue weighted by molar-refractivity contribution is -0.121. The molecule has 4 aliphatic carbocycles. The maximum absolute atomic E-state index is 13.8. The van der Waals surface area contributed by atoms with Crippen LogP contribution in [0, 0.1) is 36.5 Å². The van der Waals surface area contributed by atoms with Crippen molar-refractivity contribution in [3.63, 3.8) is 0 Å². The van der Waals surface area contributed by atoms with Crippen LogP contribution in [0.25, 0.3) is 0 Å². The fourth-order valence-electron chi connectivity index (χ4n) is 7.27. The van der Waals surface area contributed by atoms with Crippen molar-refractivity contribution in [3.05, 3.63) is 100 Å². The van der Waals surface area contributed by atoms with Gasteiger partial charge in [0.05, 0.1) is 6.33 Å². The standard InChI is InChI=1S/C38H47N3O2/c1-3-8-27(12-6-11-26-10-5-4-9-25(26)2)33-18-17-29(37(42)14-7-13-32-23-39-24-40-32)22-36(33)41-38(43)31-19-30-20-35(30)34(21-31)28-15-16-28/h4-5,9-10,18-19,21-24,27-30,35H,3,6-8,11-17,20H2,1-2H3,(H,39,40)(H,41,43). The summed E-state index contributed by atoms with van der Waals surface area (Å²) in [7, 11) is 0. The number of aromatic nitrogens is 2. The maximum Gasteiger partial charge on any atom is 0.255 e. The molecular formula is C38H47N3O2. The molecule has 1 amide bonds. The van der Waals surface area contributed by atoms with Gasteiger partial charge in [-0.25, -0.2) is 4.98 Å². The molecule has 5 nitrogen and oxygen atoms in total.